The van der Waals surface area contributed by atoms with E-state index in [1.165, 1.54) is 5.56 Å². The summed E-state index contributed by atoms with van der Waals surface area (Å²) in [7, 11) is 1.58. The molecule has 2 aromatic carbocycles. The highest BCUT2D eigenvalue weighted by Crippen LogP contribution is 2.23. The molecule has 0 amide bonds. The van der Waals surface area contributed by atoms with Gasteiger partial charge in [-0.2, -0.15) is 0 Å². The maximum absolute atomic E-state index is 10.1. The Labute approximate surface area is 126 Å². The zero-order chi connectivity index (χ0) is 15.2. The molecule has 0 heterocycles. The van der Waals surface area contributed by atoms with Gasteiger partial charge in [0.2, 0.25) is 0 Å². The summed E-state index contributed by atoms with van der Waals surface area (Å²) in [4.78, 5) is 0. The molecular formula is C18H22O3. The van der Waals surface area contributed by atoms with Gasteiger partial charge in [-0.25, -0.2) is 0 Å². The summed E-state index contributed by atoms with van der Waals surface area (Å²) in [5.74, 6) is 0.881. The Morgan fingerprint density at radius 2 is 1.86 bits per heavy atom. The summed E-state index contributed by atoms with van der Waals surface area (Å²) in [6.45, 7) is 4.78. The average Bonchev–Trinajstić information content (AvgIpc) is 2.49. The fourth-order valence-electron chi connectivity index (χ4n) is 2.26. The maximum atomic E-state index is 10.1. The van der Waals surface area contributed by atoms with Crippen molar-refractivity contribution in [3.05, 3.63) is 64.7 Å². The summed E-state index contributed by atoms with van der Waals surface area (Å²) < 4.78 is 10.9. The lowest BCUT2D eigenvalue weighted by molar-refractivity contribution is 0.0632. The third-order valence-electron chi connectivity index (χ3n) is 3.47. The number of hydrogen-bond acceptors (Lipinski definition) is 3. The largest absolute Gasteiger partial charge is 0.489 e. The van der Waals surface area contributed by atoms with E-state index in [0.717, 1.165) is 22.4 Å². The molecule has 1 atom stereocenters. The van der Waals surface area contributed by atoms with Crippen LogP contribution in [-0.2, 0) is 11.3 Å². The van der Waals surface area contributed by atoms with E-state index in [2.05, 4.69) is 12.1 Å². The molecule has 0 aliphatic heterocycles. The van der Waals surface area contributed by atoms with Crippen LogP contribution in [0, 0.1) is 13.8 Å². The average molecular weight is 286 g/mol. The SMILES string of the molecule is COCC(O)c1ccccc1COc1cc(C)ccc1C. The van der Waals surface area contributed by atoms with Crippen molar-refractivity contribution in [3.63, 3.8) is 0 Å². The van der Waals surface area contributed by atoms with Gasteiger partial charge in [0.05, 0.1) is 6.61 Å². The van der Waals surface area contributed by atoms with Crippen LogP contribution in [-0.4, -0.2) is 18.8 Å². The van der Waals surface area contributed by atoms with Gasteiger partial charge in [-0.1, -0.05) is 36.4 Å². The lowest BCUT2D eigenvalue weighted by atomic mass is 10.0. The molecular weight excluding hydrogens is 264 g/mol. The molecule has 0 bridgehead atoms. The monoisotopic (exact) mass is 286 g/mol. The number of rotatable bonds is 6. The van der Waals surface area contributed by atoms with E-state index in [1.54, 1.807) is 7.11 Å². The summed E-state index contributed by atoms with van der Waals surface area (Å²) in [5.41, 5.74) is 4.10. The summed E-state index contributed by atoms with van der Waals surface area (Å²) >= 11 is 0. The van der Waals surface area contributed by atoms with Crippen molar-refractivity contribution < 1.29 is 14.6 Å². The van der Waals surface area contributed by atoms with Crippen LogP contribution in [0.25, 0.3) is 0 Å². The number of aliphatic hydroxyl groups excluding tert-OH is 1. The number of hydrogen-bond donors (Lipinski definition) is 1. The molecule has 0 aromatic heterocycles. The molecule has 0 saturated heterocycles. The molecule has 0 radical (unpaired) electrons. The van der Waals surface area contributed by atoms with Crippen LogP contribution in [0.5, 0.6) is 5.75 Å². The zero-order valence-corrected chi connectivity index (χ0v) is 12.8. The van der Waals surface area contributed by atoms with Gasteiger partial charge in [-0.3, -0.25) is 0 Å². The van der Waals surface area contributed by atoms with Crippen molar-refractivity contribution >= 4 is 0 Å². The number of ether oxygens (including phenoxy) is 2. The quantitative estimate of drug-likeness (QED) is 0.882. The van der Waals surface area contributed by atoms with Gasteiger partial charge in [-0.15, -0.1) is 0 Å². The predicted molar refractivity (Wildman–Crippen MR) is 83.5 cm³/mol. The van der Waals surface area contributed by atoms with E-state index in [0.29, 0.717) is 6.61 Å². The molecule has 1 N–H and O–H groups in total. The molecule has 0 saturated carbocycles. The van der Waals surface area contributed by atoms with Gasteiger partial charge in [0.1, 0.15) is 18.5 Å². The van der Waals surface area contributed by atoms with E-state index in [-0.39, 0.29) is 6.61 Å². The van der Waals surface area contributed by atoms with Crippen LogP contribution in [0.15, 0.2) is 42.5 Å². The summed E-state index contributed by atoms with van der Waals surface area (Å²) in [6, 6.07) is 13.9. The molecule has 0 fully saturated rings. The van der Waals surface area contributed by atoms with E-state index in [4.69, 9.17) is 9.47 Å². The molecule has 0 aliphatic rings. The van der Waals surface area contributed by atoms with Crippen LogP contribution < -0.4 is 4.74 Å². The first kappa shape index (κ1) is 15.5. The Balaban J connectivity index is 2.14. The summed E-state index contributed by atoms with van der Waals surface area (Å²) in [5, 5.41) is 10.1. The fraction of sp³-hybridized carbons (Fsp3) is 0.333. The van der Waals surface area contributed by atoms with Crippen LogP contribution in [0.4, 0.5) is 0 Å². The van der Waals surface area contributed by atoms with Crippen molar-refractivity contribution in [1.29, 1.82) is 0 Å². The molecule has 0 spiro atoms. The minimum absolute atomic E-state index is 0.278. The molecule has 3 nitrogen and oxygen atoms in total. The number of aliphatic hydroxyl groups is 1. The standard InChI is InChI=1S/C18H22O3/c1-13-8-9-14(2)18(10-13)21-11-15-6-4-5-7-16(15)17(19)12-20-3/h4-10,17,19H,11-12H2,1-3H3. The molecule has 2 rings (SSSR count). The van der Waals surface area contributed by atoms with Crippen molar-refractivity contribution in [2.75, 3.05) is 13.7 Å². The lowest BCUT2D eigenvalue weighted by Crippen LogP contribution is -2.09. The Kier molecular flexibility index (Phi) is 5.37. The molecule has 3 heteroatoms. The number of aryl methyl sites for hydroxylation is 2. The third-order valence-corrected chi connectivity index (χ3v) is 3.47. The van der Waals surface area contributed by atoms with Crippen LogP contribution >= 0.6 is 0 Å². The fourth-order valence-corrected chi connectivity index (χ4v) is 2.26. The van der Waals surface area contributed by atoms with Gasteiger partial charge in [0.15, 0.2) is 0 Å². The van der Waals surface area contributed by atoms with Gasteiger partial charge >= 0.3 is 0 Å². The van der Waals surface area contributed by atoms with E-state index >= 15 is 0 Å². The predicted octanol–water partition coefficient (Wildman–Crippen LogP) is 3.56. The molecule has 1 unspecified atom stereocenters. The normalized spacial score (nSPS) is 12.2. The third kappa shape index (κ3) is 4.06. The van der Waals surface area contributed by atoms with Gasteiger partial charge in [-0.05, 0) is 42.2 Å². The Bertz CT molecular complexity index is 593. The first-order valence-electron chi connectivity index (χ1n) is 7.06. The molecule has 0 aliphatic carbocycles. The Hall–Kier alpha value is -1.84. The minimum atomic E-state index is -0.631. The second kappa shape index (κ2) is 7.25. The molecule has 112 valence electrons. The lowest BCUT2D eigenvalue weighted by Gasteiger charge is -2.16. The van der Waals surface area contributed by atoms with Crippen molar-refractivity contribution in [3.8, 4) is 5.75 Å². The highest BCUT2D eigenvalue weighted by molar-refractivity contribution is 5.37. The highest BCUT2D eigenvalue weighted by Gasteiger charge is 2.12. The first-order valence-corrected chi connectivity index (χ1v) is 7.06. The molecule has 2 aromatic rings. The second-order valence-electron chi connectivity index (χ2n) is 5.23. The van der Waals surface area contributed by atoms with Crippen LogP contribution in [0.3, 0.4) is 0 Å². The smallest absolute Gasteiger partial charge is 0.122 e. The van der Waals surface area contributed by atoms with Gasteiger partial charge in [0, 0.05) is 7.11 Å². The van der Waals surface area contributed by atoms with Crippen LogP contribution in [0.2, 0.25) is 0 Å². The maximum Gasteiger partial charge on any atom is 0.122 e. The van der Waals surface area contributed by atoms with E-state index < -0.39 is 6.10 Å². The number of methoxy groups -OCH3 is 1. The zero-order valence-electron chi connectivity index (χ0n) is 12.8. The minimum Gasteiger partial charge on any atom is -0.489 e. The molecule has 21 heavy (non-hydrogen) atoms. The van der Waals surface area contributed by atoms with Gasteiger partial charge < -0.3 is 14.6 Å². The van der Waals surface area contributed by atoms with Crippen LogP contribution in [0.1, 0.15) is 28.4 Å². The van der Waals surface area contributed by atoms with Crippen molar-refractivity contribution in [2.45, 2.75) is 26.6 Å². The topological polar surface area (TPSA) is 38.7 Å². The van der Waals surface area contributed by atoms with Gasteiger partial charge in [0.25, 0.3) is 0 Å². The highest BCUT2D eigenvalue weighted by atomic mass is 16.5. The Morgan fingerprint density at radius 3 is 2.62 bits per heavy atom. The van der Waals surface area contributed by atoms with E-state index in [1.807, 2.05) is 44.2 Å². The van der Waals surface area contributed by atoms with Crippen molar-refractivity contribution in [2.24, 2.45) is 0 Å². The first-order chi connectivity index (χ1) is 10.1. The summed E-state index contributed by atoms with van der Waals surface area (Å²) in [6.07, 6.45) is -0.631. The Morgan fingerprint density at radius 1 is 1.10 bits per heavy atom. The van der Waals surface area contributed by atoms with E-state index in [9.17, 15) is 5.11 Å². The van der Waals surface area contributed by atoms with Crippen molar-refractivity contribution in [1.82, 2.24) is 0 Å². The number of benzene rings is 2. The second-order valence-corrected chi connectivity index (χ2v) is 5.23.